The maximum absolute atomic E-state index is 11.9. The summed E-state index contributed by atoms with van der Waals surface area (Å²) in [6.07, 6.45) is 0. The summed E-state index contributed by atoms with van der Waals surface area (Å²) in [7, 11) is 0. The standard InChI is InChI=1S/C21H23Cl2N3O4S/c1-21(2,3)13-4-7-15(8-5-13)29-11-18(27)24-20(31)26-25-19(28)12-30-17-9-6-14(22)10-16(17)23/h4-10H,11-12H2,1-3H3,(H,25,28)(H2,24,26,27,31). The molecule has 10 heteroatoms. The molecule has 3 N–H and O–H groups in total. The summed E-state index contributed by atoms with van der Waals surface area (Å²) >= 11 is 16.7. The highest BCUT2D eigenvalue weighted by molar-refractivity contribution is 7.80. The van der Waals surface area contributed by atoms with Crippen LogP contribution in [0.15, 0.2) is 42.5 Å². The Kier molecular flexibility index (Phi) is 8.91. The molecule has 0 saturated carbocycles. The summed E-state index contributed by atoms with van der Waals surface area (Å²) in [6.45, 7) is 5.79. The minimum Gasteiger partial charge on any atom is -0.484 e. The van der Waals surface area contributed by atoms with Gasteiger partial charge in [-0.25, -0.2) is 0 Å². The van der Waals surface area contributed by atoms with Crippen LogP contribution in [0.4, 0.5) is 0 Å². The van der Waals surface area contributed by atoms with E-state index in [2.05, 4.69) is 36.9 Å². The number of benzene rings is 2. The third-order valence-electron chi connectivity index (χ3n) is 3.91. The first-order valence-corrected chi connectivity index (χ1v) is 10.4. The fraction of sp³-hybridized carbons (Fsp3) is 0.286. The highest BCUT2D eigenvalue weighted by Crippen LogP contribution is 2.27. The Bertz CT molecular complexity index is 947. The molecule has 0 heterocycles. The molecule has 2 aromatic rings. The fourth-order valence-corrected chi connectivity index (χ4v) is 2.92. The van der Waals surface area contributed by atoms with E-state index < -0.39 is 11.8 Å². The Labute approximate surface area is 196 Å². The first-order valence-electron chi connectivity index (χ1n) is 9.24. The van der Waals surface area contributed by atoms with Gasteiger partial charge >= 0.3 is 0 Å². The average Bonchev–Trinajstić information content (AvgIpc) is 2.69. The Morgan fingerprint density at radius 3 is 2.19 bits per heavy atom. The van der Waals surface area contributed by atoms with Gasteiger partial charge in [0.2, 0.25) is 0 Å². The number of carbonyl (C=O) groups excluding carboxylic acids is 2. The van der Waals surface area contributed by atoms with E-state index >= 15 is 0 Å². The Morgan fingerprint density at radius 2 is 1.58 bits per heavy atom. The van der Waals surface area contributed by atoms with Crippen molar-refractivity contribution in [3.63, 3.8) is 0 Å². The van der Waals surface area contributed by atoms with Crippen molar-refractivity contribution < 1.29 is 19.1 Å². The van der Waals surface area contributed by atoms with Crippen molar-refractivity contribution in [3.05, 3.63) is 58.1 Å². The Hall–Kier alpha value is -2.55. The molecule has 7 nitrogen and oxygen atoms in total. The number of halogens is 2. The Balaban J connectivity index is 1.68. The van der Waals surface area contributed by atoms with E-state index in [1.165, 1.54) is 6.07 Å². The third-order valence-corrected chi connectivity index (χ3v) is 4.65. The molecule has 31 heavy (non-hydrogen) atoms. The highest BCUT2D eigenvalue weighted by Gasteiger charge is 2.13. The summed E-state index contributed by atoms with van der Waals surface area (Å²) in [4.78, 5) is 23.8. The van der Waals surface area contributed by atoms with Crippen LogP contribution in [0.2, 0.25) is 10.0 Å². The summed E-state index contributed by atoms with van der Waals surface area (Å²) in [5, 5.41) is 3.04. The predicted molar refractivity (Wildman–Crippen MR) is 125 cm³/mol. The van der Waals surface area contributed by atoms with Crippen molar-refractivity contribution in [2.24, 2.45) is 0 Å². The van der Waals surface area contributed by atoms with Crippen LogP contribution in [0.5, 0.6) is 11.5 Å². The first kappa shape index (κ1) is 24.7. The number of ether oxygens (including phenoxy) is 2. The molecule has 166 valence electrons. The molecule has 0 unspecified atom stereocenters. The zero-order valence-electron chi connectivity index (χ0n) is 17.3. The molecule has 0 fully saturated rings. The summed E-state index contributed by atoms with van der Waals surface area (Å²) in [5.41, 5.74) is 5.90. The second-order valence-electron chi connectivity index (χ2n) is 7.48. The largest absolute Gasteiger partial charge is 0.484 e. The van der Waals surface area contributed by atoms with Crippen LogP contribution in [0, 0.1) is 0 Å². The van der Waals surface area contributed by atoms with Gasteiger partial charge in [-0.3, -0.25) is 25.8 Å². The lowest BCUT2D eigenvalue weighted by Gasteiger charge is -2.19. The molecule has 0 aliphatic carbocycles. The van der Waals surface area contributed by atoms with E-state index in [1.54, 1.807) is 24.3 Å². The molecule has 0 saturated heterocycles. The SMILES string of the molecule is CC(C)(C)c1ccc(OCC(=O)NC(=S)NNC(=O)COc2ccc(Cl)cc2Cl)cc1. The van der Waals surface area contributed by atoms with Crippen LogP contribution >= 0.6 is 35.4 Å². The van der Waals surface area contributed by atoms with Crippen molar-refractivity contribution >= 4 is 52.3 Å². The quantitative estimate of drug-likeness (QED) is 0.428. The topological polar surface area (TPSA) is 88.7 Å². The lowest BCUT2D eigenvalue weighted by Crippen LogP contribution is -2.50. The monoisotopic (exact) mass is 483 g/mol. The smallest absolute Gasteiger partial charge is 0.276 e. The van der Waals surface area contributed by atoms with E-state index in [-0.39, 0.29) is 28.8 Å². The van der Waals surface area contributed by atoms with E-state index in [0.717, 1.165) is 5.56 Å². The molecule has 0 atom stereocenters. The normalized spacial score (nSPS) is 10.7. The van der Waals surface area contributed by atoms with Gasteiger partial charge in [-0.15, -0.1) is 0 Å². The average molecular weight is 484 g/mol. The van der Waals surface area contributed by atoms with Gasteiger partial charge in [0.25, 0.3) is 11.8 Å². The lowest BCUT2D eigenvalue weighted by molar-refractivity contribution is -0.124. The van der Waals surface area contributed by atoms with Crippen molar-refractivity contribution in [1.82, 2.24) is 16.2 Å². The van der Waals surface area contributed by atoms with E-state index in [9.17, 15) is 9.59 Å². The highest BCUT2D eigenvalue weighted by atomic mass is 35.5. The minimum absolute atomic E-state index is 0.0321. The van der Waals surface area contributed by atoms with Crippen LogP contribution in [-0.2, 0) is 15.0 Å². The van der Waals surface area contributed by atoms with Gasteiger partial charge in [-0.2, -0.15) is 0 Å². The van der Waals surface area contributed by atoms with Crippen LogP contribution < -0.4 is 25.6 Å². The number of hydrazine groups is 1. The molecule has 0 spiro atoms. The molecular formula is C21H23Cl2N3O4S. The first-order chi connectivity index (χ1) is 14.5. The zero-order valence-corrected chi connectivity index (χ0v) is 19.6. The van der Waals surface area contributed by atoms with Crippen molar-refractivity contribution in [3.8, 4) is 11.5 Å². The number of carbonyl (C=O) groups is 2. The van der Waals surface area contributed by atoms with Crippen LogP contribution in [-0.4, -0.2) is 30.1 Å². The van der Waals surface area contributed by atoms with Crippen molar-refractivity contribution in [2.45, 2.75) is 26.2 Å². The fourth-order valence-electron chi connectivity index (χ4n) is 2.29. The second-order valence-corrected chi connectivity index (χ2v) is 8.73. The van der Waals surface area contributed by atoms with Crippen molar-refractivity contribution in [1.29, 1.82) is 0 Å². The summed E-state index contributed by atoms with van der Waals surface area (Å²) < 4.78 is 10.7. The van der Waals surface area contributed by atoms with Gasteiger partial charge < -0.3 is 9.47 Å². The molecule has 0 aliphatic heterocycles. The zero-order chi connectivity index (χ0) is 23.0. The molecule has 2 amide bonds. The van der Waals surface area contributed by atoms with Gasteiger partial charge in [0, 0.05) is 5.02 Å². The molecular weight excluding hydrogens is 461 g/mol. The van der Waals surface area contributed by atoms with Crippen LogP contribution in [0.3, 0.4) is 0 Å². The van der Waals surface area contributed by atoms with Gasteiger partial charge in [-0.1, -0.05) is 56.1 Å². The lowest BCUT2D eigenvalue weighted by atomic mass is 9.87. The molecule has 0 radical (unpaired) electrons. The maximum atomic E-state index is 11.9. The van der Waals surface area contributed by atoms with E-state index in [0.29, 0.717) is 16.5 Å². The number of hydrogen-bond acceptors (Lipinski definition) is 5. The summed E-state index contributed by atoms with van der Waals surface area (Å²) in [6, 6.07) is 12.1. The third kappa shape index (κ3) is 8.61. The van der Waals surface area contributed by atoms with Gasteiger partial charge in [-0.05, 0) is 53.5 Å². The summed E-state index contributed by atoms with van der Waals surface area (Å²) in [5.74, 6) is -0.133. The molecule has 0 aliphatic rings. The molecule has 2 rings (SSSR count). The van der Waals surface area contributed by atoms with Gasteiger partial charge in [0.15, 0.2) is 18.3 Å². The maximum Gasteiger partial charge on any atom is 0.276 e. The molecule has 2 aromatic carbocycles. The molecule has 0 aromatic heterocycles. The minimum atomic E-state index is -0.530. The van der Waals surface area contributed by atoms with Crippen LogP contribution in [0.25, 0.3) is 0 Å². The van der Waals surface area contributed by atoms with Gasteiger partial charge in [0.05, 0.1) is 5.02 Å². The van der Waals surface area contributed by atoms with E-state index in [1.807, 2.05) is 12.1 Å². The molecule has 0 bridgehead atoms. The second kappa shape index (κ2) is 11.2. The predicted octanol–water partition coefficient (Wildman–Crippen LogP) is 3.77. The number of amides is 2. The van der Waals surface area contributed by atoms with Crippen LogP contribution in [0.1, 0.15) is 26.3 Å². The van der Waals surface area contributed by atoms with Gasteiger partial charge in [0.1, 0.15) is 11.5 Å². The number of hydrogen-bond donors (Lipinski definition) is 3. The number of thiocarbonyl (C=S) groups is 1. The number of nitrogens with one attached hydrogen (secondary N) is 3. The number of rotatable bonds is 6. The Morgan fingerprint density at radius 1 is 0.935 bits per heavy atom. The van der Waals surface area contributed by atoms with Crippen molar-refractivity contribution in [2.75, 3.05) is 13.2 Å². The van der Waals surface area contributed by atoms with E-state index in [4.69, 9.17) is 44.9 Å².